The molecule has 28 heavy (non-hydrogen) atoms. The Labute approximate surface area is 169 Å². The van der Waals surface area contributed by atoms with Gasteiger partial charge in [-0.2, -0.15) is 0 Å². The molecule has 2 atom stereocenters. The third-order valence-electron chi connectivity index (χ3n) is 6.84. The minimum Gasteiger partial charge on any atom is -0.349 e. The summed E-state index contributed by atoms with van der Waals surface area (Å²) >= 11 is 0. The molecule has 2 unspecified atom stereocenters. The van der Waals surface area contributed by atoms with Gasteiger partial charge in [-0.1, -0.05) is 38.5 Å². The molecule has 1 aromatic carbocycles. The van der Waals surface area contributed by atoms with Crippen LogP contribution in [0.2, 0.25) is 0 Å². The van der Waals surface area contributed by atoms with Crippen molar-refractivity contribution in [3.63, 3.8) is 0 Å². The first kappa shape index (κ1) is 20.9. The van der Waals surface area contributed by atoms with E-state index < -0.39 is 0 Å². The lowest BCUT2D eigenvalue weighted by Crippen LogP contribution is -2.39. The van der Waals surface area contributed by atoms with Crippen LogP contribution in [0.25, 0.3) is 0 Å². The van der Waals surface area contributed by atoms with Crippen molar-refractivity contribution in [3.05, 3.63) is 35.4 Å². The van der Waals surface area contributed by atoms with E-state index >= 15 is 0 Å². The Morgan fingerprint density at radius 1 is 0.679 bits per heavy atom. The van der Waals surface area contributed by atoms with Gasteiger partial charge in [-0.15, -0.1) is 0 Å². The molecule has 4 heteroatoms. The Hall–Kier alpha value is -1.84. The predicted octanol–water partition coefficient (Wildman–Crippen LogP) is 5.08. The molecule has 0 heterocycles. The van der Waals surface area contributed by atoms with Crippen molar-refractivity contribution in [1.82, 2.24) is 10.6 Å². The van der Waals surface area contributed by atoms with Crippen LogP contribution in [0.3, 0.4) is 0 Å². The average Bonchev–Trinajstić information content (AvgIpc) is 2.75. The molecule has 3 rings (SSSR count). The van der Waals surface area contributed by atoms with Crippen LogP contribution in [0.5, 0.6) is 0 Å². The molecule has 2 aliphatic carbocycles. The second kappa shape index (κ2) is 10.1. The van der Waals surface area contributed by atoms with Gasteiger partial charge in [0.1, 0.15) is 0 Å². The molecule has 154 valence electrons. The van der Waals surface area contributed by atoms with Gasteiger partial charge in [0.2, 0.25) is 0 Å². The summed E-state index contributed by atoms with van der Waals surface area (Å²) < 4.78 is 0. The molecule has 0 spiro atoms. The average molecular weight is 385 g/mol. The van der Waals surface area contributed by atoms with Gasteiger partial charge in [0.05, 0.1) is 0 Å². The highest BCUT2D eigenvalue weighted by Gasteiger charge is 2.23. The fraction of sp³-hybridized carbons (Fsp3) is 0.667. The molecule has 2 N–H and O–H groups in total. The smallest absolute Gasteiger partial charge is 0.251 e. The molecule has 0 aromatic heterocycles. The summed E-state index contributed by atoms with van der Waals surface area (Å²) in [6, 6.07) is 7.47. The largest absolute Gasteiger partial charge is 0.349 e. The zero-order chi connectivity index (χ0) is 19.9. The summed E-state index contributed by atoms with van der Waals surface area (Å²) in [5, 5.41) is 6.30. The Morgan fingerprint density at radius 2 is 1.00 bits per heavy atom. The summed E-state index contributed by atoms with van der Waals surface area (Å²) in [6.45, 7) is 4.23. The summed E-state index contributed by atoms with van der Waals surface area (Å²) in [5.41, 5.74) is 1.25. The number of benzene rings is 1. The predicted molar refractivity (Wildman–Crippen MR) is 113 cm³/mol. The molecule has 2 fully saturated rings. The van der Waals surface area contributed by atoms with E-state index in [1.54, 1.807) is 24.3 Å². The van der Waals surface area contributed by atoms with Crippen molar-refractivity contribution in [2.45, 2.75) is 90.1 Å². The molecule has 2 saturated carbocycles. The highest BCUT2D eigenvalue weighted by Crippen LogP contribution is 2.27. The van der Waals surface area contributed by atoms with Crippen LogP contribution in [0.15, 0.2) is 24.3 Å². The third-order valence-corrected chi connectivity index (χ3v) is 6.84. The SMILES string of the molecule is CC(NC(=O)c1ccc(C(=O)NC(C)C2CCCCC2)cc1)C1CCCCC1. The highest BCUT2D eigenvalue weighted by atomic mass is 16.2. The lowest BCUT2D eigenvalue weighted by Gasteiger charge is -2.28. The van der Waals surface area contributed by atoms with Crippen molar-refractivity contribution in [3.8, 4) is 0 Å². The van der Waals surface area contributed by atoms with E-state index in [9.17, 15) is 9.59 Å². The van der Waals surface area contributed by atoms with Gasteiger partial charge in [-0.3, -0.25) is 9.59 Å². The van der Waals surface area contributed by atoms with Crippen molar-refractivity contribution in [2.24, 2.45) is 11.8 Å². The van der Waals surface area contributed by atoms with Crippen LogP contribution in [-0.2, 0) is 0 Å². The maximum Gasteiger partial charge on any atom is 0.251 e. The maximum atomic E-state index is 12.6. The second-order valence-corrected chi connectivity index (χ2v) is 8.90. The van der Waals surface area contributed by atoms with Gasteiger partial charge in [0.15, 0.2) is 0 Å². The summed E-state index contributed by atoms with van der Waals surface area (Å²) in [4.78, 5) is 25.1. The van der Waals surface area contributed by atoms with Crippen LogP contribution in [-0.4, -0.2) is 23.9 Å². The quantitative estimate of drug-likeness (QED) is 0.718. The topological polar surface area (TPSA) is 58.2 Å². The molecule has 4 nitrogen and oxygen atoms in total. The van der Waals surface area contributed by atoms with Crippen molar-refractivity contribution in [1.29, 1.82) is 0 Å². The third kappa shape index (κ3) is 5.59. The Balaban J connectivity index is 1.51. The first-order chi connectivity index (χ1) is 13.5. The molecule has 2 aliphatic rings. The Morgan fingerprint density at radius 3 is 1.32 bits per heavy atom. The van der Waals surface area contributed by atoms with E-state index in [1.165, 1.54) is 64.2 Å². The van der Waals surface area contributed by atoms with Gasteiger partial charge in [0, 0.05) is 23.2 Å². The van der Waals surface area contributed by atoms with Crippen LogP contribution in [0.1, 0.15) is 98.8 Å². The van der Waals surface area contributed by atoms with E-state index in [0.717, 1.165) is 0 Å². The van der Waals surface area contributed by atoms with Crippen LogP contribution in [0.4, 0.5) is 0 Å². The van der Waals surface area contributed by atoms with Crippen LogP contribution in [0, 0.1) is 11.8 Å². The van der Waals surface area contributed by atoms with E-state index in [2.05, 4.69) is 24.5 Å². The van der Waals surface area contributed by atoms with Crippen LogP contribution < -0.4 is 10.6 Å². The zero-order valence-electron chi connectivity index (χ0n) is 17.5. The van der Waals surface area contributed by atoms with Crippen molar-refractivity contribution < 1.29 is 9.59 Å². The van der Waals surface area contributed by atoms with E-state index in [1.807, 2.05) is 0 Å². The van der Waals surface area contributed by atoms with Gasteiger partial charge < -0.3 is 10.6 Å². The molecule has 0 aliphatic heterocycles. The molecule has 0 radical (unpaired) electrons. The maximum absolute atomic E-state index is 12.6. The summed E-state index contributed by atoms with van der Waals surface area (Å²) in [6.07, 6.45) is 12.6. The molecule has 0 bridgehead atoms. The Kier molecular flexibility index (Phi) is 7.52. The summed E-state index contributed by atoms with van der Waals surface area (Å²) in [7, 11) is 0. The van der Waals surface area contributed by atoms with Gasteiger partial charge in [-0.05, 0) is 75.6 Å². The first-order valence-corrected chi connectivity index (χ1v) is 11.3. The molecule has 0 saturated heterocycles. The monoisotopic (exact) mass is 384 g/mol. The molecule has 2 amide bonds. The number of carbonyl (C=O) groups excluding carboxylic acids is 2. The zero-order valence-corrected chi connectivity index (χ0v) is 17.5. The minimum atomic E-state index is -0.0411. The van der Waals surface area contributed by atoms with E-state index in [0.29, 0.717) is 23.0 Å². The van der Waals surface area contributed by atoms with E-state index in [4.69, 9.17) is 0 Å². The highest BCUT2D eigenvalue weighted by molar-refractivity contribution is 5.98. The normalized spacial score (nSPS) is 20.9. The Bertz CT molecular complexity index is 586. The molecular weight excluding hydrogens is 348 g/mol. The standard InChI is InChI=1S/C24H36N2O2/c1-17(19-9-5-3-6-10-19)25-23(27)21-13-15-22(16-14-21)24(28)26-18(2)20-11-7-4-8-12-20/h13-20H,3-12H2,1-2H3,(H,25,27)(H,26,28). The number of rotatable bonds is 6. The summed E-state index contributed by atoms with van der Waals surface area (Å²) in [5.74, 6) is 1.09. The van der Waals surface area contributed by atoms with Gasteiger partial charge in [0.25, 0.3) is 11.8 Å². The van der Waals surface area contributed by atoms with Gasteiger partial charge >= 0.3 is 0 Å². The first-order valence-electron chi connectivity index (χ1n) is 11.3. The van der Waals surface area contributed by atoms with Crippen molar-refractivity contribution >= 4 is 11.8 Å². The van der Waals surface area contributed by atoms with Gasteiger partial charge in [-0.25, -0.2) is 0 Å². The minimum absolute atomic E-state index is 0.0411. The van der Waals surface area contributed by atoms with Crippen LogP contribution >= 0.6 is 0 Å². The fourth-order valence-corrected chi connectivity index (χ4v) is 4.86. The van der Waals surface area contributed by atoms with E-state index in [-0.39, 0.29) is 23.9 Å². The number of hydrogen-bond donors (Lipinski definition) is 2. The van der Waals surface area contributed by atoms with Crippen molar-refractivity contribution in [2.75, 3.05) is 0 Å². The number of amides is 2. The lowest BCUT2D eigenvalue weighted by atomic mass is 9.84. The second-order valence-electron chi connectivity index (χ2n) is 8.90. The fourth-order valence-electron chi connectivity index (χ4n) is 4.86. The molecular formula is C24H36N2O2. The number of hydrogen-bond acceptors (Lipinski definition) is 2. The number of carbonyl (C=O) groups is 2. The lowest BCUT2D eigenvalue weighted by molar-refractivity contribution is 0.0907. The number of nitrogens with one attached hydrogen (secondary N) is 2. The molecule has 1 aromatic rings.